The van der Waals surface area contributed by atoms with Gasteiger partial charge in [0.1, 0.15) is 0 Å². The second kappa shape index (κ2) is 8.79. The molecule has 1 aromatic carbocycles. The lowest BCUT2D eigenvalue weighted by molar-refractivity contribution is -0.130. The fourth-order valence-corrected chi connectivity index (χ4v) is 2.06. The molecule has 1 aromatic rings. The number of benzene rings is 1. The molecule has 0 aliphatic rings. The minimum atomic E-state index is -0.111. The summed E-state index contributed by atoms with van der Waals surface area (Å²) in [4.78, 5) is 25.0. The number of rotatable bonds is 7. The molecule has 2 amide bonds. The van der Waals surface area contributed by atoms with Crippen LogP contribution in [0.5, 0.6) is 0 Å². The van der Waals surface area contributed by atoms with E-state index in [2.05, 4.69) is 21.2 Å². The summed E-state index contributed by atoms with van der Waals surface area (Å²) in [6.45, 7) is 4.80. The van der Waals surface area contributed by atoms with Gasteiger partial charge < -0.3 is 15.0 Å². The molecular weight excluding hydrogens is 336 g/mol. The first-order valence-electron chi connectivity index (χ1n) is 6.74. The number of hydrogen-bond acceptors (Lipinski definition) is 3. The molecular formula is C15H21BrN2O3. The van der Waals surface area contributed by atoms with E-state index in [4.69, 9.17) is 4.74 Å². The quantitative estimate of drug-likeness (QED) is 0.816. The van der Waals surface area contributed by atoms with Gasteiger partial charge in [0.05, 0.1) is 6.61 Å². The third-order valence-corrected chi connectivity index (χ3v) is 3.95. The van der Waals surface area contributed by atoms with Crippen molar-refractivity contribution in [3.8, 4) is 0 Å². The van der Waals surface area contributed by atoms with Crippen LogP contribution in [0.1, 0.15) is 18.9 Å². The van der Waals surface area contributed by atoms with E-state index in [1.807, 2.05) is 25.1 Å². The van der Waals surface area contributed by atoms with E-state index in [1.165, 1.54) is 6.92 Å². The summed E-state index contributed by atoms with van der Waals surface area (Å²) < 4.78 is 5.95. The van der Waals surface area contributed by atoms with Gasteiger partial charge in [0.2, 0.25) is 11.8 Å². The molecule has 0 radical (unpaired) electrons. The molecule has 0 atom stereocenters. The van der Waals surface area contributed by atoms with Gasteiger partial charge in [-0.05, 0) is 30.7 Å². The molecule has 1 rings (SSSR count). The zero-order valence-corrected chi connectivity index (χ0v) is 14.2. The Morgan fingerprint density at radius 1 is 1.33 bits per heavy atom. The summed E-state index contributed by atoms with van der Waals surface area (Å²) in [7, 11) is 1.58. The number of carbonyl (C=O) groups excluding carboxylic acids is 2. The SMILES string of the molecule is COCCN(CCC(=O)Nc1ccc(Br)c(C)c1)C(C)=O. The maximum absolute atomic E-state index is 11.9. The van der Waals surface area contributed by atoms with Crippen molar-refractivity contribution in [2.45, 2.75) is 20.3 Å². The first kappa shape index (κ1) is 17.7. The highest BCUT2D eigenvalue weighted by molar-refractivity contribution is 9.10. The van der Waals surface area contributed by atoms with Gasteiger partial charge in [0.15, 0.2) is 0 Å². The smallest absolute Gasteiger partial charge is 0.226 e. The van der Waals surface area contributed by atoms with Crippen LogP contribution in [0.15, 0.2) is 22.7 Å². The number of amides is 2. The van der Waals surface area contributed by atoms with Gasteiger partial charge in [-0.1, -0.05) is 15.9 Å². The van der Waals surface area contributed by atoms with E-state index in [1.54, 1.807) is 12.0 Å². The van der Waals surface area contributed by atoms with E-state index >= 15 is 0 Å². The van der Waals surface area contributed by atoms with Crippen molar-refractivity contribution in [3.05, 3.63) is 28.2 Å². The van der Waals surface area contributed by atoms with Gasteiger partial charge in [-0.15, -0.1) is 0 Å². The van der Waals surface area contributed by atoms with Crippen LogP contribution in [0.4, 0.5) is 5.69 Å². The molecule has 5 nitrogen and oxygen atoms in total. The molecule has 0 bridgehead atoms. The number of methoxy groups -OCH3 is 1. The average molecular weight is 357 g/mol. The Hall–Kier alpha value is -1.40. The van der Waals surface area contributed by atoms with Crippen LogP contribution >= 0.6 is 15.9 Å². The molecule has 0 fully saturated rings. The average Bonchev–Trinajstić information content (AvgIpc) is 2.42. The zero-order valence-electron chi connectivity index (χ0n) is 12.6. The first-order valence-corrected chi connectivity index (χ1v) is 7.53. The number of ether oxygens (including phenoxy) is 1. The lowest BCUT2D eigenvalue weighted by Gasteiger charge is -2.20. The normalized spacial score (nSPS) is 10.3. The molecule has 0 aliphatic heterocycles. The van der Waals surface area contributed by atoms with Crippen molar-refractivity contribution >= 4 is 33.4 Å². The Morgan fingerprint density at radius 2 is 2.05 bits per heavy atom. The Morgan fingerprint density at radius 3 is 2.62 bits per heavy atom. The lowest BCUT2D eigenvalue weighted by atomic mass is 10.2. The van der Waals surface area contributed by atoms with Gasteiger partial charge in [-0.3, -0.25) is 9.59 Å². The predicted molar refractivity (Wildman–Crippen MR) is 86.3 cm³/mol. The zero-order chi connectivity index (χ0) is 15.8. The van der Waals surface area contributed by atoms with Crippen molar-refractivity contribution in [3.63, 3.8) is 0 Å². The summed E-state index contributed by atoms with van der Waals surface area (Å²) in [5, 5.41) is 2.83. The van der Waals surface area contributed by atoms with Crippen molar-refractivity contribution in [2.24, 2.45) is 0 Å². The minimum Gasteiger partial charge on any atom is -0.383 e. The number of aryl methyl sites for hydroxylation is 1. The number of anilines is 1. The minimum absolute atomic E-state index is 0.0562. The predicted octanol–water partition coefficient (Wildman–Crippen LogP) is 2.58. The van der Waals surface area contributed by atoms with Gasteiger partial charge in [0.25, 0.3) is 0 Å². The summed E-state index contributed by atoms with van der Waals surface area (Å²) in [5.41, 5.74) is 1.81. The van der Waals surface area contributed by atoms with Crippen LogP contribution in [-0.4, -0.2) is 43.5 Å². The highest BCUT2D eigenvalue weighted by atomic mass is 79.9. The van der Waals surface area contributed by atoms with E-state index in [9.17, 15) is 9.59 Å². The van der Waals surface area contributed by atoms with Crippen LogP contribution in [-0.2, 0) is 14.3 Å². The Bertz CT molecular complexity index is 506. The molecule has 0 aliphatic carbocycles. The number of carbonyl (C=O) groups is 2. The third kappa shape index (κ3) is 6.27. The maximum atomic E-state index is 11.9. The maximum Gasteiger partial charge on any atom is 0.226 e. The van der Waals surface area contributed by atoms with Crippen molar-refractivity contribution in [1.29, 1.82) is 0 Å². The third-order valence-electron chi connectivity index (χ3n) is 3.06. The van der Waals surface area contributed by atoms with Crippen LogP contribution in [0, 0.1) is 6.92 Å². The van der Waals surface area contributed by atoms with Gasteiger partial charge in [0, 0.05) is 43.7 Å². The number of hydrogen-bond donors (Lipinski definition) is 1. The summed E-state index contributed by atoms with van der Waals surface area (Å²) in [6.07, 6.45) is 0.262. The summed E-state index contributed by atoms with van der Waals surface area (Å²) >= 11 is 3.42. The highest BCUT2D eigenvalue weighted by Crippen LogP contribution is 2.20. The van der Waals surface area contributed by atoms with Gasteiger partial charge in [-0.2, -0.15) is 0 Å². The molecule has 0 spiro atoms. The Labute approximate surface area is 133 Å². The van der Waals surface area contributed by atoms with Crippen LogP contribution in [0.25, 0.3) is 0 Å². The summed E-state index contributed by atoms with van der Waals surface area (Å²) in [5.74, 6) is -0.167. The molecule has 0 saturated heterocycles. The van der Waals surface area contributed by atoms with Crippen LogP contribution in [0.3, 0.4) is 0 Å². The largest absolute Gasteiger partial charge is 0.383 e. The highest BCUT2D eigenvalue weighted by Gasteiger charge is 2.11. The Balaban J connectivity index is 2.48. The lowest BCUT2D eigenvalue weighted by Crippen LogP contribution is -2.34. The molecule has 116 valence electrons. The first-order chi connectivity index (χ1) is 9.93. The van der Waals surface area contributed by atoms with Crippen LogP contribution < -0.4 is 5.32 Å². The Kier molecular flexibility index (Phi) is 7.39. The van der Waals surface area contributed by atoms with Crippen molar-refractivity contribution in [2.75, 3.05) is 32.1 Å². The molecule has 21 heavy (non-hydrogen) atoms. The van der Waals surface area contributed by atoms with Crippen LogP contribution in [0.2, 0.25) is 0 Å². The van der Waals surface area contributed by atoms with E-state index in [0.29, 0.717) is 19.7 Å². The van der Waals surface area contributed by atoms with E-state index in [-0.39, 0.29) is 18.2 Å². The van der Waals surface area contributed by atoms with Crippen molar-refractivity contribution < 1.29 is 14.3 Å². The molecule has 6 heteroatoms. The fourth-order valence-electron chi connectivity index (χ4n) is 1.81. The van der Waals surface area contributed by atoms with E-state index in [0.717, 1.165) is 15.7 Å². The number of nitrogens with zero attached hydrogens (tertiary/aromatic N) is 1. The fraction of sp³-hybridized carbons (Fsp3) is 0.467. The van der Waals surface area contributed by atoms with Gasteiger partial charge >= 0.3 is 0 Å². The monoisotopic (exact) mass is 356 g/mol. The number of nitrogens with one attached hydrogen (secondary N) is 1. The molecule has 0 unspecified atom stereocenters. The molecule has 0 saturated carbocycles. The number of halogens is 1. The molecule has 0 aromatic heterocycles. The second-order valence-electron chi connectivity index (χ2n) is 4.76. The van der Waals surface area contributed by atoms with Crippen molar-refractivity contribution in [1.82, 2.24) is 4.90 Å². The topological polar surface area (TPSA) is 58.6 Å². The molecule has 0 heterocycles. The second-order valence-corrected chi connectivity index (χ2v) is 5.62. The van der Waals surface area contributed by atoms with E-state index < -0.39 is 0 Å². The molecule has 1 N–H and O–H groups in total. The standard InChI is InChI=1S/C15H21BrN2O3/c1-11-10-13(4-5-14(11)16)17-15(20)6-7-18(12(2)19)8-9-21-3/h4-5,10H,6-9H2,1-3H3,(H,17,20). The summed E-state index contributed by atoms with van der Waals surface area (Å²) in [6, 6.07) is 5.63. The van der Waals surface area contributed by atoms with Gasteiger partial charge in [-0.25, -0.2) is 0 Å².